The molecule has 0 aliphatic heterocycles. The van der Waals surface area contributed by atoms with Gasteiger partial charge < -0.3 is 10.6 Å². The zero-order chi connectivity index (χ0) is 12.7. The van der Waals surface area contributed by atoms with Gasteiger partial charge in [0, 0.05) is 32.1 Å². The summed E-state index contributed by atoms with van der Waals surface area (Å²) in [5.74, 6) is 0.677. The van der Waals surface area contributed by atoms with Gasteiger partial charge in [-0.1, -0.05) is 26.1 Å². The molecule has 0 aliphatic rings. The van der Waals surface area contributed by atoms with Crippen molar-refractivity contribution in [2.24, 2.45) is 11.7 Å². The van der Waals surface area contributed by atoms with Crippen LogP contribution >= 0.6 is 12.2 Å². The molecule has 3 nitrogen and oxygen atoms in total. The Morgan fingerprint density at radius 1 is 1.19 bits per heavy atom. The van der Waals surface area contributed by atoms with Gasteiger partial charge in [-0.2, -0.15) is 0 Å². The first-order chi connectivity index (χ1) is 7.32. The van der Waals surface area contributed by atoms with Crippen molar-refractivity contribution >= 4 is 17.2 Å². The quantitative estimate of drug-likeness (QED) is 0.658. The van der Waals surface area contributed by atoms with Crippen molar-refractivity contribution in [2.45, 2.75) is 33.2 Å². The third kappa shape index (κ3) is 8.02. The van der Waals surface area contributed by atoms with Crippen molar-refractivity contribution in [1.29, 1.82) is 0 Å². The van der Waals surface area contributed by atoms with Crippen molar-refractivity contribution in [3.63, 3.8) is 0 Å². The third-order valence-corrected chi connectivity index (χ3v) is 2.72. The Balaban J connectivity index is 4.22. The number of hydrogen-bond acceptors (Lipinski definition) is 3. The van der Waals surface area contributed by atoms with Gasteiger partial charge in [-0.3, -0.25) is 4.90 Å². The monoisotopic (exact) mass is 245 g/mol. The van der Waals surface area contributed by atoms with Gasteiger partial charge in [-0.05, 0) is 26.9 Å². The van der Waals surface area contributed by atoms with Crippen LogP contribution in [0.5, 0.6) is 0 Å². The number of hydrogen-bond donors (Lipinski definition) is 1. The summed E-state index contributed by atoms with van der Waals surface area (Å²) in [4.78, 5) is 5.30. The number of likely N-dealkylation sites (N-methyl/N-ethyl adjacent to an activating group) is 1. The van der Waals surface area contributed by atoms with Crippen LogP contribution in [-0.4, -0.2) is 54.6 Å². The lowest BCUT2D eigenvalue weighted by molar-refractivity contribution is 0.173. The number of nitrogens with two attached hydrogens (primary N) is 1. The molecule has 0 aromatic rings. The molecule has 1 unspecified atom stereocenters. The van der Waals surface area contributed by atoms with Crippen molar-refractivity contribution in [3.05, 3.63) is 0 Å². The molecule has 0 saturated carbocycles. The molecule has 0 saturated heterocycles. The maximum atomic E-state index is 5.61. The molecule has 16 heavy (non-hydrogen) atoms. The highest BCUT2D eigenvalue weighted by Gasteiger charge is 2.15. The molecule has 0 aliphatic carbocycles. The van der Waals surface area contributed by atoms with Crippen molar-refractivity contribution < 1.29 is 0 Å². The summed E-state index contributed by atoms with van der Waals surface area (Å²) < 4.78 is 0. The van der Waals surface area contributed by atoms with Crippen LogP contribution in [-0.2, 0) is 0 Å². The molecule has 2 N–H and O–H groups in total. The second-order valence-electron chi connectivity index (χ2n) is 5.21. The van der Waals surface area contributed by atoms with Crippen LogP contribution in [0.4, 0.5) is 0 Å². The first-order valence-electron chi connectivity index (χ1n) is 6.00. The number of rotatable bonds is 8. The second kappa shape index (κ2) is 7.98. The molecular weight excluding hydrogens is 218 g/mol. The molecule has 4 heteroatoms. The van der Waals surface area contributed by atoms with E-state index in [2.05, 4.69) is 44.7 Å². The van der Waals surface area contributed by atoms with Gasteiger partial charge in [0.2, 0.25) is 0 Å². The SMILES string of the molecule is CC(C)CN(CCN(C)C)C(C)CC(N)=S. The molecule has 0 rings (SSSR count). The molecule has 0 bridgehead atoms. The minimum absolute atomic E-state index is 0.444. The van der Waals surface area contributed by atoms with E-state index in [1.165, 1.54) is 0 Å². The summed E-state index contributed by atoms with van der Waals surface area (Å²) in [7, 11) is 4.21. The maximum Gasteiger partial charge on any atom is 0.0742 e. The first kappa shape index (κ1) is 15.8. The summed E-state index contributed by atoms with van der Waals surface area (Å²) >= 11 is 4.98. The summed E-state index contributed by atoms with van der Waals surface area (Å²) in [6.45, 7) is 9.96. The number of nitrogens with zero attached hydrogens (tertiary/aromatic N) is 2. The van der Waals surface area contributed by atoms with E-state index < -0.39 is 0 Å². The number of thiocarbonyl (C=S) groups is 1. The minimum Gasteiger partial charge on any atom is -0.393 e. The third-order valence-electron chi connectivity index (χ3n) is 2.55. The van der Waals surface area contributed by atoms with Gasteiger partial charge in [0.25, 0.3) is 0 Å². The zero-order valence-electron chi connectivity index (χ0n) is 11.4. The van der Waals surface area contributed by atoms with Gasteiger partial charge in [0.15, 0.2) is 0 Å². The Morgan fingerprint density at radius 3 is 2.12 bits per heavy atom. The van der Waals surface area contributed by atoms with E-state index in [1.54, 1.807) is 0 Å². The Labute approximate surface area is 106 Å². The van der Waals surface area contributed by atoms with E-state index in [1.807, 2.05) is 0 Å². The molecule has 0 fully saturated rings. The van der Waals surface area contributed by atoms with E-state index in [-0.39, 0.29) is 0 Å². The summed E-state index contributed by atoms with van der Waals surface area (Å²) in [6, 6.07) is 0.444. The van der Waals surface area contributed by atoms with Crippen LogP contribution in [0.1, 0.15) is 27.2 Å². The maximum absolute atomic E-state index is 5.61. The van der Waals surface area contributed by atoms with Gasteiger partial charge in [-0.15, -0.1) is 0 Å². The summed E-state index contributed by atoms with van der Waals surface area (Å²) in [5.41, 5.74) is 5.61. The molecule has 0 spiro atoms. The lowest BCUT2D eigenvalue weighted by Gasteiger charge is -2.31. The topological polar surface area (TPSA) is 32.5 Å². The van der Waals surface area contributed by atoms with Gasteiger partial charge in [-0.25, -0.2) is 0 Å². The predicted octanol–water partition coefficient (Wildman–Crippen LogP) is 1.57. The Bertz CT molecular complexity index is 204. The van der Waals surface area contributed by atoms with Crippen molar-refractivity contribution in [1.82, 2.24) is 9.80 Å². The minimum atomic E-state index is 0.444. The average molecular weight is 245 g/mol. The molecule has 96 valence electrons. The lowest BCUT2D eigenvalue weighted by atomic mass is 10.1. The highest BCUT2D eigenvalue weighted by molar-refractivity contribution is 7.80. The van der Waals surface area contributed by atoms with Crippen LogP contribution in [0.3, 0.4) is 0 Å². The van der Waals surface area contributed by atoms with Crippen molar-refractivity contribution in [2.75, 3.05) is 33.7 Å². The van der Waals surface area contributed by atoms with E-state index in [0.29, 0.717) is 16.9 Å². The Morgan fingerprint density at radius 2 is 1.75 bits per heavy atom. The normalized spacial score (nSPS) is 13.8. The smallest absolute Gasteiger partial charge is 0.0742 e. The molecule has 0 heterocycles. The van der Waals surface area contributed by atoms with Gasteiger partial charge in [0.05, 0.1) is 4.99 Å². The summed E-state index contributed by atoms with van der Waals surface area (Å²) in [6.07, 6.45) is 0.815. The molecule has 0 radical (unpaired) electrons. The lowest BCUT2D eigenvalue weighted by Crippen LogP contribution is -2.41. The van der Waals surface area contributed by atoms with E-state index in [9.17, 15) is 0 Å². The zero-order valence-corrected chi connectivity index (χ0v) is 12.2. The van der Waals surface area contributed by atoms with E-state index >= 15 is 0 Å². The van der Waals surface area contributed by atoms with Crippen LogP contribution in [0.15, 0.2) is 0 Å². The van der Waals surface area contributed by atoms with Crippen LogP contribution in [0.2, 0.25) is 0 Å². The summed E-state index contributed by atoms with van der Waals surface area (Å²) in [5, 5.41) is 0. The molecular formula is C12H27N3S. The molecule has 0 aromatic carbocycles. The van der Waals surface area contributed by atoms with Crippen molar-refractivity contribution in [3.8, 4) is 0 Å². The largest absolute Gasteiger partial charge is 0.393 e. The van der Waals surface area contributed by atoms with Gasteiger partial charge in [0.1, 0.15) is 0 Å². The Hall–Kier alpha value is -0.190. The molecule has 1 atom stereocenters. The fraction of sp³-hybridized carbons (Fsp3) is 0.917. The average Bonchev–Trinajstić information content (AvgIpc) is 2.09. The standard InChI is InChI=1S/C12H27N3S/c1-10(2)9-15(7-6-14(4)5)11(3)8-12(13)16/h10-11H,6-9H2,1-5H3,(H2,13,16). The second-order valence-corrected chi connectivity index (χ2v) is 5.74. The molecule has 0 amide bonds. The van der Waals surface area contributed by atoms with E-state index in [4.69, 9.17) is 18.0 Å². The van der Waals surface area contributed by atoms with Gasteiger partial charge >= 0.3 is 0 Å². The highest BCUT2D eigenvalue weighted by Crippen LogP contribution is 2.07. The fourth-order valence-corrected chi connectivity index (χ4v) is 1.95. The fourth-order valence-electron chi connectivity index (χ4n) is 1.71. The van der Waals surface area contributed by atoms with Crippen LogP contribution in [0.25, 0.3) is 0 Å². The highest BCUT2D eigenvalue weighted by atomic mass is 32.1. The van der Waals surface area contributed by atoms with Crippen LogP contribution in [0, 0.1) is 5.92 Å². The molecule has 0 aromatic heterocycles. The van der Waals surface area contributed by atoms with E-state index in [0.717, 1.165) is 26.1 Å². The van der Waals surface area contributed by atoms with Crippen LogP contribution < -0.4 is 5.73 Å². The first-order valence-corrected chi connectivity index (χ1v) is 6.40. The Kier molecular flexibility index (Phi) is 7.89. The predicted molar refractivity (Wildman–Crippen MR) is 75.8 cm³/mol.